The van der Waals surface area contributed by atoms with Crippen molar-refractivity contribution in [3.63, 3.8) is 0 Å². The molecule has 0 radical (unpaired) electrons. The maximum Gasteiger partial charge on any atom is 0.259 e. The zero-order valence-corrected chi connectivity index (χ0v) is 10.2. The van der Waals surface area contributed by atoms with Crippen molar-refractivity contribution in [3.05, 3.63) is 70.9 Å². The fourth-order valence-corrected chi connectivity index (χ4v) is 1.84. The Hall–Kier alpha value is -2.69. The lowest BCUT2D eigenvalue weighted by atomic mass is 10.3. The molecule has 0 atom stereocenters. The van der Waals surface area contributed by atoms with E-state index in [2.05, 4.69) is 15.3 Å². The Balaban J connectivity index is 1.88. The molecule has 3 rings (SSSR count). The molecule has 94 valence electrons. The Morgan fingerprint density at radius 1 is 1.21 bits per heavy atom. The van der Waals surface area contributed by atoms with Gasteiger partial charge in [0.25, 0.3) is 5.56 Å². The minimum atomic E-state index is -0.0979. The standard InChI is InChI=1S/C14H12N4O/c19-14-8-12(16-10-11-4-3-6-15-9-11)17-13-5-1-2-7-18(13)14/h1-9,16H,10H2. The molecule has 0 amide bonds. The van der Waals surface area contributed by atoms with E-state index in [4.69, 9.17) is 0 Å². The summed E-state index contributed by atoms with van der Waals surface area (Å²) in [6.45, 7) is 0.587. The van der Waals surface area contributed by atoms with Crippen LogP contribution in [0.25, 0.3) is 5.65 Å². The van der Waals surface area contributed by atoms with Gasteiger partial charge < -0.3 is 5.32 Å². The highest BCUT2D eigenvalue weighted by Gasteiger charge is 2.01. The molecule has 1 N–H and O–H groups in total. The van der Waals surface area contributed by atoms with Gasteiger partial charge in [-0.25, -0.2) is 4.98 Å². The molecular weight excluding hydrogens is 240 g/mol. The molecule has 0 saturated heterocycles. The summed E-state index contributed by atoms with van der Waals surface area (Å²) in [5.74, 6) is 0.569. The van der Waals surface area contributed by atoms with Crippen molar-refractivity contribution in [1.29, 1.82) is 0 Å². The van der Waals surface area contributed by atoms with Gasteiger partial charge in [-0.1, -0.05) is 12.1 Å². The lowest BCUT2D eigenvalue weighted by Gasteiger charge is -2.06. The fraction of sp³-hybridized carbons (Fsp3) is 0.0714. The topological polar surface area (TPSA) is 59.3 Å². The number of anilines is 1. The largest absolute Gasteiger partial charge is 0.366 e. The van der Waals surface area contributed by atoms with Crippen molar-refractivity contribution in [2.75, 3.05) is 5.32 Å². The summed E-state index contributed by atoms with van der Waals surface area (Å²) in [5, 5.41) is 3.13. The van der Waals surface area contributed by atoms with Crippen molar-refractivity contribution in [2.45, 2.75) is 6.54 Å². The zero-order chi connectivity index (χ0) is 13.1. The molecule has 5 nitrogen and oxygen atoms in total. The molecule has 3 heterocycles. The first-order chi connectivity index (χ1) is 9.33. The summed E-state index contributed by atoms with van der Waals surface area (Å²) < 4.78 is 1.51. The monoisotopic (exact) mass is 252 g/mol. The van der Waals surface area contributed by atoms with Gasteiger partial charge in [0, 0.05) is 31.2 Å². The highest BCUT2D eigenvalue weighted by atomic mass is 16.1. The van der Waals surface area contributed by atoms with Crippen LogP contribution in [0.2, 0.25) is 0 Å². The zero-order valence-electron chi connectivity index (χ0n) is 10.2. The number of nitrogens with one attached hydrogen (secondary N) is 1. The maximum absolute atomic E-state index is 11.9. The number of rotatable bonds is 3. The van der Waals surface area contributed by atoms with Gasteiger partial charge >= 0.3 is 0 Å². The number of hydrogen-bond acceptors (Lipinski definition) is 4. The molecule has 3 aromatic rings. The van der Waals surface area contributed by atoms with Gasteiger partial charge in [0.1, 0.15) is 11.5 Å². The molecule has 0 aliphatic heterocycles. The van der Waals surface area contributed by atoms with Gasteiger partial charge in [0.2, 0.25) is 0 Å². The molecule has 5 heteroatoms. The van der Waals surface area contributed by atoms with Crippen LogP contribution in [0.5, 0.6) is 0 Å². The second kappa shape index (κ2) is 4.89. The SMILES string of the molecule is O=c1cc(NCc2cccnc2)nc2ccccn12. The Morgan fingerprint density at radius 2 is 2.16 bits per heavy atom. The first kappa shape index (κ1) is 11.4. The second-order valence-corrected chi connectivity index (χ2v) is 4.12. The summed E-state index contributed by atoms with van der Waals surface area (Å²) >= 11 is 0. The molecule has 0 unspecified atom stereocenters. The van der Waals surface area contributed by atoms with E-state index in [1.54, 1.807) is 30.7 Å². The predicted molar refractivity (Wildman–Crippen MR) is 73.0 cm³/mol. The van der Waals surface area contributed by atoms with E-state index in [1.807, 2.05) is 18.2 Å². The third-order valence-electron chi connectivity index (χ3n) is 2.77. The van der Waals surface area contributed by atoms with Gasteiger partial charge in [-0.2, -0.15) is 0 Å². The second-order valence-electron chi connectivity index (χ2n) is 4.12. The van der Waals surface area contributed by atoms with Crippen molar-refractivity contribution < 1.29 is 0 Å². The summed E-state index contributed by atoms with van der Waals surface area (Å²) in [6.07, 6.45) is 5.21. The van der Waals surface area contributed by atoms with Crippen LogP contribution in [0, 0.1) is 0 Å². The Labute approximate surface area is 109 Å². The van der Waals surface area contributed by atoms with Crippen LogP contribution in [0.4, 0.5) is 5.82 Å². The number of aromatic nitrogens is 3. The first-order valence-corrected chi connectivity index (χ1v) is 5.94. The van der Waals surface area contributed by atoms with Crippen molar-refractivity contribution >= 4 is 11.5 Å². The predicted octanol–water partition coefficient (Wildman–Crippen LogP) is 1.70. The maximum atomic E-state index is 11.9. The molecule has 0 spiro atoms. The molecule has 0 bridgehead atoms. The van der Waals surface area contributed by atoms with Gasteiger partial charge in [-0.3, -0.25) is 14.2 Å². The van der Waals surface area contributed by atoms with Crippen LogP contribution in [0.1, 0.15) is 5.56 Å². The molecule has 0 saturated carbocycles. The highest BCUT2D eigenvalue weighted by Crippen LogP contribution is 2.05. The summed E-state index contributed by atoms with van der Waals surface area (Å²) in [6, 6.07) is 10.8. The minimum absolute atomic E-state index is 0.0979. The lowest BCUT2D eigenvalue weighted by molar-refractivity contribution is 1.02. The summed E-state index contributed by atoms with van der Waals surface area (Å²) in [4.78, 5) is 20.3. The van der Waals surface area contributed by atoms with Crippen molar-refractivity contribution in [1.82, 2.24) is 14.4 Å². The number of hydrogen-bond donors (Lipinski definition) is 1. The van der Waals surface area contributed by atoms with E-state index < -0.39 is 0 Å². The van der Waals surface area contributed by atoms with E-state index in [-0.39, 0.29) is 5.56 Å². The molecule has 0 aliphatic carbocycles. The third-order valence-corrected chi connectivity index (χ3v) is 2.77. The van der Waals surface area contributed by atoms with E-state index >= 15 is 0 Å². The minimum Gasteiger partial charge on any atom is -0.366 e. The molecule has 0 fully saturated rings. The van der Waals surface area contributed by atoms with Crippen LogP contribution in [0.15, 0.2) is 59.8 Å². The average Bonchev–Trinajstić information content (AvgIpc) is 2.46. The smallest absolute Gasteiger partial charge is 0.259 e. The number of fused-ring (bicyclic) bond motifs is 1. The van der Waals surface area contributed by atoms with Gasteiger partial charge in [-0.05, 0) is 23.8 Å². The van der Waals surface area contributed by atoms with Gasteiger partial charge in [-0.15, -0.1) is 0 Å². The van der Waals surface area contributed by atoms with Crippen molar-refractivity contribution in [2.24, 2.45) is 0 Å². The van der Waals surface area contributed by atoms with Crippen LogP contribution in [0.3, 0.4) is 0 Å². The summed E-state index contributed by atoms with van der Waals surface area (Å²) in [7, 11) is 0. The number of pyridine rings is 2. The van der Waals surface area contributed by atoms with Crippen LogP contribution in [-0.4, -0.2) is 14.4 Å². The molecule has 19 heavy (non-hydrogen) atoms. The lowest BCUT2D eigenvalue weighted by Crippen LogP contribution is -2.15. The Morgan fingerprint density at radius 3 is 3.00 bits per heavy atom. The van der Waals surface area contributed by atoms with E-state index in [0.29, 0.717) is 18.0 Å². The molecule has 0 aliphatic rings. The average molecular weight is 252 g/mol. The molecular formula is C14H12N4O. The number of nitrogens with zero attached hydrogens (tertiary/aromatic N) is 3. The van der Waals surface area contributed by atoms with E-state index in [9.17, 15) is 4.79 Å². The van der Waals surface area contributed by atoms with E-state index in [1.165, 1.54) is 10.5 Å². The normalized spacial score (nSPS) is 10.5. The molecule has 0 aromatic carbocycles. The van der Waals surface area contributed by atoms with E-state index in [0.717, 1.165) is 5.56 Å². The fourth-order valence-electron chi connectivity index (χ4n) is 1.84. The Bertz CT molecular complexity index is 752. The highest BCUT2D eigenvalue weighted by molar-refractivity contribution is 5.46. The summed E-state index contributed by atoms with van der Waals surface area (Å²) in [5.41, 5.74) is 1.57. The van der Waals surface area contributed by atoms with Crippen molar-refractivity contribution in [3.8, 4) is 0 Å². The van der Waals surface area contributed by atoms with Crippen LogP contribution >= 0.6 is 0 Å². The Kier molecular flexibility index (Phi) is 2.94. The van der Waals surface area contributed by atoms with Crippen LogP contribution < -0.4 is 10.9 Å². The third kappa shape index (κ3) is 2.44. The van der Waals surface area contributed by atoms with Gasteiger partial charge in [0.15, 0.2) is 0 Å². The first-order valence-electron chi connectivity index (χ1n) is 5.94. The quantitative estimate of drug-likeness (QED) is 0.770. The van der Waals surface area contributed by atoms with Crippen LogP contribution in [-0.2, 0) is 6.54 Å². The molecule has 3 aromatic heterocycles. The van der Waals surface area contributed by atoms with Gasteiger partial charge in [0.05, 0.1) is 0 Å².